The first-order chi connectivity index (χ1) is 9.75. The minimum atomic E-state index is -0.262. The van der Waals surface area contributed by atoms with Crippen LogP contribution in [0.4, 0.5) is 0 Å². The Labute approximate surface area is 115 Å². The Kier molecular flexibility index (Phi) is 2.21. The molecule has 0 radical (unpaired) electrons. The molecule has 20 heavy (non-hydrogen) atoms. The van der Waals surface area contributed by atoms with Gasteiger partial charge >= 0.3 is 5.63 Å². The number of hydrogen-bond donors (Lipinski definition) is 0. The van der Waals surface area contributed by atoms with Crippen LogP contribution in [-0.4, -0.2) is 0 Å². The summed E-state index contributed by atoms with van der Waals surface area (Å²) in [5.74, 6) is 0. The molecule has 3 aromatic carbocycles. The van der Waals surface area contributed by atoms with Gasteiger partial charge in [0.1, 0.15) is 5.58 Å². The van der Waals surface area contributed by atoms with Gasteiger partial charge in [0.05, 0.1) is 5.39 Å². The Morgan fingerprint density at radius 3 is 2.40 bits per heavy atom. The number of para-hydroxylation sites is 1. The van der Waals surface area contributed by atoms with Crippen LogP contribution in [0, 0.1) is 6.92 Å². The van der Waals surface area contributed by atoms with E-state index in [4.69, 9.17) is 4.42 Å². The third kappa shape index (κ3) is 1.42. The van der Waals surface area contributed by atoms with E-state index in [1.54, 1.807) is 0 Å². The lowest BCUT2D eigenvalue weighted by Gasteiger charge is -2.08. The largest absolute Gasteiger partial charge is 0.422 e. The first-order valence-electron chi connectivity index (χ1n) is 6.59. The fourth-order valence-corrected chi connectivity index (χ4v) is 2.93. The molecule has 0 saturated heterocycles. The molecule has 2 heteroatoms. The van der Waals surface area contributed by atoms with Crippen molar-refractivity contribution in [2.75, 3.05) is 0 Å². The molecule has 1 aromatic heterocycles. The minimum absolute atomic E-state index is 0.262. The van der Waals surface area contributed by atoms with Crippen LogP contribution in [0.2, 0.25) is 0 Å². The maximum Gasteiger partial charge on any atom is 0.344 e. The van der Waals surface area contributed by atoms with Crippen molar-refractivity contribution in [2.24, 2.45) is 0 Å². The van der Waals surface area contributed by atoms with Crippen molar-refractivity contribution in [3.63, 3.8) is 0 Å². The second-order valence-electron chi connectivity index (χ2n) is 5.03. The van der Waals surface area contributed by atoms with Crippen molar-refractivity contribution in [1.29, 1.82) is 0 Å². The lowest BCUT2D eigenvalue weighted by Crippen LogP contribution is -2.02. The van der Waals surface area contributed by atoms with Gasteiger partial charge < -0.3 is 4.42 Å². The molecule has 0 aliphatic carbocycles. The van der Waals surface area contributed by atoms with E-state index in [9.17, 15) is 4.79 Å². The van der Waals surface area contributed by atoms with Gasteiger partial charge in [-0.2, -0.15) is 0 Å². The fraction of sp³-hybridized carbons (Fsp3) is 0.0556. The maximum atomic E-state index is 12.3. The number of rotatable bonds is 0. The molecule has 0 N–H and O–H groups in total. The number of benzene rings is 3. The second kappa shape index (κ2) is 3.94. The van der Waals surface area contributed by atoms with Gasteiger partial charge in [-0.15, -0.1) is 0 Å². The van der Waals surface area contributed by atoms with E-state index in [1.807, 2.05) is 49.4 Å². The van der Waals surface area contributed by atoms with Gasteiger partial charge in [0.2, 0.25) is 0 Å². The predicted molar refractivity (Wildman–Crippen MR) is 82.2 cm³/mol. The molecule has 0 spiro atoms. The Balaban J connectivity index is 2.39. The molecule has 0 aliphatic heterocycles. The monoisotopic (exact) mass is 260 g/mol. The van der Waals surface area contributed by atoms with Crippen molar-refractivity contribution < 1.29 is 4.42 Å². The molecule has 0 amide bonds. The highest BCUT2D eigenvalue weighted by atomic mass is 16.4. The summed E-state index contributed by atoms with van der Waals surface area (Å²) in [6.07, 6.45) is 0. The predicted octanol–water partition coefficient (Wildman–Crippen LogP) is 4.41. The molecule has 0 bridgehead atoms. The number of aryl methyl sites for hydroxylation is 1. The van der Waals surface area contributed by atoms with Crippen LogP contribution in [0.25, 0.3) is 32.5 Å². The topological polar surface area (TPSA) is 30.2 Å². The number of fused-ring (bicyclic) bond motifs is 4. The second-order valence-corrected chi connectivity index (χ2v) is 5.03. The van der Waals surface area contributed by atoms with Crippen LogP contribution in [0.3, 0.4) is 0 Å². The molecular formula is C18H12O2. The minimum Gasteiger partial charge on any atom is -0.422 e. The summed E-state index contributed by atoms with van der Waals surface area (Å²) in [5, 5.41) is 4.88. The summed E-state index contributed by atoms with van der Waals surface area (Å²) in [6.45, 7) is 1.98. The highest BCUT2D eigenvalue weighted by molar-refractivity contribution is 6.11. The van der Waals surface area contributed by atoms with Crippen LogP contribution in [0.1, 0.15) is 5.56 Å². The molecule has 0 fully saturated rings. The Morgan fingerprint density at radius 1 is 0.850 bits per heavy atom. The van der Waals surface area contributed by atoms with E-state index in [0.717, 1.165) is 27.1 Å². The summed E-state index contributed by atoms with van der Waals surface area (Å²) in [4.78, 5) is 12.3. The average molecular weight is 260 g/mol. The molecular weight excluding hydrogens is 248 g/mol. The van der Waals surface area contributed by atoms with Crippen LogP contribution in [0.15, 0.2) is 63.8 Å². The van der Waals surface area contributed by atoms with Crippen molar-refractivity contribution in [3.8, 4) is 0 Å². The van der Waals surface area contributed by atoms with Crippen molar-refractivity contribution in [2.45, 2.75) is 6.92 Å². The van der Waals surface area contributed by atoms with E-state index >= 15 is 0 Å². The molecule has 96 valence electrons. The quantitative estimate of drug-likeness (QED) is 0.266. The molecule has 2 nitrogen and oxygen atoms in total. The lowest BCUT2D eigenvalue weighted by molar-refractivity contribution is 0.569. The van der Waals surface area contributed by atoms with Crippen molar-refractivity contribution >= 4 is 32.5 Å². The zero-order valence-electron chi connectivity index (χ0n) is 11.0. The molecule has 0 saturated carbocycles. The summed E-state index contributed by atoms with van der Waals surface area (Å²) in [6, 6.07) is 17.9. The van der Waals surface area contributed by atoms with E-state index in [2.05, 4.69) is 12.1 Å². The van der Waals surface area contributed by atoms with E-state index < -0.39 is 0 Å². The van der Waals surface area contributed by atoms with Crippen molar-refractivity contribution in [1.82, 2.24) is 0 Å². The zero-order valence-corrected chi connectivity index (χ0v) is 11.0. The lowest BCUT2D eigenvalue weighted by atomic mass is 9.97. The first kappa shape index (κ1) is 11.2. The van der Waals surface area contributed by atoms with Gasteiger partial charge in [-0.1, -0.05) is 42.5 Å². The van der Waals surface area contributed by atoms with E-state index in [-0.39, 0.29) is 5.63 Å². The Bertz CT molecular complexity index is 1030. The van der Waals surface area contributed by atoms with Gasteiger partial charge in [0.25, 0.3) is 0 Å². The summed E-state index contributed by atoms with van der Waals surface area (Å²) in [5.41, 5.74) is 1.36. The summed E-state index contributed by atoms with van der Waals surface area (Å²) in [7, 11) is 0. The van der Waals surface area contributed by atoms with Gasteiger partial charge in [0.15, 0.2) is 0 Å². The van der Waals surface area contributed by atoms with Crippen LogP contribution < -0.4 is 5.63 Å². The fourth-order valence-electron chi connectivity index (χ4n) is 2.93. The average Bonchev–Trinajstić information content (AvgIpc) is 2.47. The van der Waals surface area contributed by atoms with Gasteiger partial charge in [-0.25, -0.2) is 4.79 Å². The Hall–Kier alpha value is -2.61. The molecule has 0 atom stereocenters. The smallest absolute Gasteiger partial charge is 0.344 e. The van der Waals surface area contributed by atoms with Crippen molar-refractivity contribution in [3.05, 3.63) is 70.6 Å². The third-order valence-corrected chi connectivity index (χ3v) is 3.89. The van der Waals surface area contributed by atoms with Gasteiger partial charge in [-0.05, 0) is 35.4 Å². The van der Waals surface area contributed by atoms with E-state index in [1.165, 1.54) is 0 Å². The highest BCUT2D eigenvalue weighted by Gasteiger charge is 2.11. The zero-order chi connectivity index (χ0) is 13.7. The number of hydrogen-bond acceptors (Lipinski definition) is 2. The normalized spacial score (nSPS) is 11.4. The van der Waals surface area contributed by atoms with Crippen LogP contribution in [0.5, 0.6) is 0 Å². The van der Waals surface area contributed by atoms with Crippen LogP contribution in [-0.2, 0) is 0 Å². The standard InChI is InChI=1S/C18H12O2/c1-11-13-7-3-2-6-12(13)10-15-14-8-4-5-9-16(14)20-18(19)17(11)15/h2-10H,1H3. The maximum absolute atomic E-state index is 12.3. The molecule has 0 unspecified atom stereocenters. The molecule has 0 aliphatic rings. The summed E-state index contributed by atoms with van der Waals surface area (Å²) >= 11 is 0. The molecule has 4 aromatic rings. The van der Waals surface area contributed by atoms with Gasteiger partial charge in [0, 0.05) is 10.8 Å². The Morgan fingerprint density at radius 2 is 1.55 bits per heavy atom. The first-order valence-corrected chi connectivity index (χ1v) is 6.59. The third-order valence-electron chi connectivity index (χ3n) is 3.89. The molecule has 4 rings (SSSR count). The van der Waals surface area contributed by atoms with Crippen LogP contribution >= 0.6 is 0 Å². The van der Waals surface area contributed by atoms with Gasteiger partial charge in [-0.3, -0.25) is 0 Å². The van der Waals surface area contributed by atoms with E-state index in [0.29, 0.717) is 11.0 Å². The summed E-state index contributed by atoms with van der Waals surface area (Å²) < 4.78 is 5.45. The SMILES string of the molecule is Cc1c2ccccc2cc2c1c(=O)oc1ccccc12. The highest BCUT2D eigenvalue weighted by Crippen LogP contribution is 2.30. The molecule has 1 heterocycles.